The van der Waals surface area contributed by atoms with Crippen LogP contribution >= 0.6 is 27.5 Å². The van der Waals surface area contributed by atoms with Crippen molar-refractivity contribution in [2.75, 3.05) is 0 Å². The molecule has 1 N–H and O–H groups in total. The van der Waals surface area contributed by atoms with Crippen molar-refractivity contribution in [3.63, 3.8) is 0 Å². The van der Waals surface area contributed by atoms with Crippen LogP contribution in [0.5, 0.6) is 0 Å². The summed E-state index contributed by atoms with van der Waals surface area (Å²) in [5.41, 5.74) is 1.25. The van der Waals surface area contributed by atoms with Crippen molar-refractivity contribution in [3.8, 4) is 0 Å². The smallest absolute Gasteiger partial charge is 0.0733 e. The zero-order valence-corrected chi connectivity index (χ0v) is 11.8. The summed E-state index contributed by atoms with van der Waals surface area (Å²) < 4.78 is 6.78. The largest absolute Gasteiger partial charge is 0.373 e. The van der Waals surface area contributed by atoms with Gasteiger partial charge < -0.3 is 10.1 Å². The van der Waals surface area contributed by atoms with Gasteiger partial charge in [-0.1, -0.05) is 17.7 Å². The van der Waals surface area contributed by atoms with Gasteiger partial charge in [-0.15, -0.1) is 0 Å². The summed E-state index contributed by atoms with van der Waals surface area (Å²) in [4.78, 5) is 0. The van der Waals surface area contributed by atoms with Gasteiger partial charge in [0.05, 0.1) is 17.2 Å². The number of fused-ring (bicyclic) bond motifs is 2. The number of hydrogen-bond acceptors (Lipinski definition) is 2. The van der Waals surface area contributed by atoms with Gasteiger partial charge in [0.15, 0.2) is 0 Å². The molecule has 2 aliphatic heterocycles. The van der Waals surface area contributed by atoms with Gasteiger partial charge in [0.25, 0.3) is 0 Å². The van der Waals surface area contributed by atoms with Crippen molar-refractivity contribution in [2.45, 2.75) is 44.1 Å². The van der Waals surface area contributed by atoms with Crippen LogP contribution in [0.1, 0.15) is 24.8 Å². The first kappa shape index (κ1) is 12.0. The van der Waals surface area contributed by atoms with Gasteiger partial charge in [-0.25, -0.2) is 0 Å². The SMILES string of the molecule is Clc1ccc(CNC2CC3CCC2O3)cc1Br. The summed E-state index contributed by atoms with van der Waals surface area (Å²) in [6.45, 7) is 0.882. The lowest BCUT2D eigenvalue weighted by Crippen LogP contribution is -2.36. The van der Waals surface area contributed by atoms with E-state index in [0.29, 0.717) is 18.2 Å². The molecule has 2 fully saturated rings. The number of rotatable bonds is 3. The van der Waals surface area contributed by atoms with Gasteiger partial charge >= 0.3 is 0 Å². The van der Waals surface area contributed by atoms with Crippen molar-refractivity contribution >= 4 is 27.5 Å². The standard InChI is InChI=1S/C13H15BrClNO/c14-10-5-8(1-3-11(10)15)7-16-12-6-9-2-4-13(12)17-9/h1,3,5,9,12-13,16H,2,4,6-7H2. The van der Waals surface area contributed by atoms with Gasteiger partial charge in [-0.3, -0.25) is 0 Å². The molecule has 2 heterocycles. The first-order chi connectivity index (χ1) is 8.22. The minimum atomic E-state index is 0.441. The Morgan fingerprint density at radius 3 is 2.94 bits per heavy atom. The van der Waals surface area contributed by atoms with Crippen molar-refractivity contribution in [2.24, 2.45) is 0 Å². The fraction of sp³-hybridized carbons (Fsp3) is 0.538. The lowest BCUT2D eigenvalue weighted by molar-refractivity contribution is 0.0973. The minimum absolute atomic E-state index is 0.441. The lowest BCUT2D eigenvalue weighted by atomic mass is 9.95. The van der Waals surface area contributed by atoms with E-state index in [0.717, 1.165) is 16.0 Å². The van der Waals surface area contributed by atoms with Gasteiger partial charge in [-0.2, -0.15) is 0 Å². The third-order valence-corrected chi connectivity index (χ3v) is 4.87. The first-order valence-electron chi connectivity index (χ1n) is 6.05. The van der Waals surface area contributed by atoms with Crippen LogP contribution in [-0.4, -0.2) is 18.2 Å². The Labute approximate surface area is 115 Å². The van der Waals surface area contributed by atoms with E-state index in [1.165, 1.54) is 24.8 Å². The molecule has 4 heteroatoms. The van der Waals surface area contributed by atoms with E-state index in [2.05, 4.69) is 33.4 Å². The summed E-state index contributed by atoms with van der Waals surface area (Å²) in [5.74, 6) is 0. The van der Waals surface area contributed by atoms with Gasteiger partial charge in [0.1, 0.15) is 0 Å². The number of ether oxygens (including phenoxy) is 1. The Hall–Kier alpha value is -0.0900. The molecule has 3 atom stereocenters. The minimum Gasteiger partial charge on any atom is -0.373 e. The molecule has 3 unspecified atom stereocenters. The normalized spacial score (nSPS) is 31.1. The van der Waals surface area contributed by atoms with Crippen LogP contribution in [0.4, 0.5) is 0 Å². The van der Waals surface area contributed by atoms with Crippen LogP contribution < -0.4 is 5.32 Å². The predicted octanol–water partition coefficient (Wildman–Crippen LogP) is 3.51. The molecule has 2 nitrogen and oxygen atoms in total. The number of nitrogens with one attached hydrogen (secondary N) is 1. The molecule has 0 saturated carbocycles. The predicted molar refractivity (Wildman–Crippen MR) is 72.3 cm³/mol. The molecule has 0 aliphatic carbocycles. The number of halogens is 2. The average Bonchev–Trinajstić information content (AvgIpc) is 2.92. The molecule has 1 aromatic rings. The van der Waals surface area contributed by atoms with Crippen LogP contribution in [0, 0.1) is 0 Å². The van der Waals surface area contributed by atoms with E-state index in [-0.39, 0.29) is 0 Å². The second-order valence-electron chi connectivity index (χ2n) is 4.85. The zero-order valence-electron chi connectivity index (χ0n) is 9.46. The third kappa shape index (κ3) is 2.53. The Kier molecular flexibility index (Phi) is 3.44. The Morgan fingerprint density at radius 2 is 2.29 bits per heavy atom. The van der Waals surface area contributed by atoms with E-state index >= 15 is 0 Å². The number of benzene rings is 1. The molecular weight excluding hydrogens is 302 g/mol. The van der Waals surface area contributed by atoms with Crippen LogP contribution in [0.15, 0.2) is 22.7 Å². The molecule has 0 amide bonds. The maximum Gasteiger partial charge on any atom is 0.0733 e. The topological polar surface area (TPSA) is 21.3 Å². The van der Waals surface area contributed by atoms with Crippen LogP contribution in [0.3, 0.4) is 0 Å². The second kappa shape index (κ2) is 4.88. The molecule has 0 aromatic heterocycles. The fourth-order valence-corrected chi connectivity index (χ4v) is 3.29. The van der Waals surface area contributed by atoms with E-state index in [9.17, 15) is 0 Å². The van der Waals surface area contributed by atoms with Crippen molar-refractivity contribution < 1.29 is 4.74 Å². The lowest BCUT2D eigenvalue weighted by Gasteiger charge is -2.20. The quantitative estimate of drug-likeness (QED) is 0.921. The summed E-state index contributed by atoms with van der Waals surface area (Å²) >= 11 is 9.42. The fourth-order valence-electron chi connectivity index (χ4n) is 2.75. The molecule has 1 aromatic carbocycles. The maximum atomic E-state index is 5.97. The highest BCUT2D eigenvalue weighted by molar-refractivity contribution is 9.10. The van der Waals surface area contributed by atoms with E-state index in [1.807, 2.05) is 6.07 Å². The van der Waals surface area contributed by atoms with Gasteiger partial charge in [0, 0.05) is 17.1 Å². The summed E-state index contributed by atoms with van der Waals surface area (Å²) in [7, 11) is 0. The molecule has 0 spiro atoms. The Bertz CT molecular complexity index is 426. The van der Waals surface area contributed by atoms with Crippen molar-refractivity contribution in [1.29, 1.82) is 0 Å². The molecule has 92 valence electrons. The molecule has 17 heavy (non-hydrogen) atoms. The van der Waals surface area contributed by atoms with Crippen molar-refractivity contribution in [3.05, 3.63) is 33.3 Å². The highest BCUT2D eigenvalue weighted by atomic mass is 79.9. The summed E-state index contributed by atoms with van der Waals surface area (Å²) in [5, 5.41) is 4.35. The molecule has 3 rings (SSSR count). The molecule has 0 radical (unpaired) electrons. The molecule has 2 bridgehead atoms. The first-order valence-corrected chi connectivity index (χ1v) is 7.22. The second-order valence-corrected chi connectivity index (χ2v) is 6.11. The number of hydrogen-bond donors (Lipinski definition) is 1. The van der Waals surface area contributed by atoms with E-state index in [1.54, 1.807) is 0 Å². The van der Waals surface area contributed by atoms with Gasteiger partial charge in [-0.05, 0) is 52.9 Å². The third-order valence-electron chi connectivity index (χ3n) is 3.66. The highest BCUT2D eigenvalue weighted by Crippen LogP contribution is 2.34. The van der Waals surface area contributed by atoms with Crippen LogP contribution in [-0.2, 0) is 11.3 Å². The summed E-state index contributed by atoms with van der Waals surface area (Å²) in [6, 6.07) is 6.60. The Balaban J connectivity index is 1.59. The molecule has 2 aliphatic rings. The van der Waals surface area contributed by atoms with E-state index in [4.69, 9.17) is 16.3 Å². The molecular formula is C13H15BrClNO. The van der Waals surface area contributed by atoms with Crippen molar-refractivity contribution in [1.82, 2.24) is 5.32 Å². The molecule has 2 saturated heterocycles. The van der Waals surface area contributed by atoms with Gasteiger partial charge in [0.2, 0.25) is 0 Å². The van der Waals surface area contributed by atoms with E-state index < -0.39 is 0 Å². The van der Waals surface area contributed by atoms with Crippen LogP contribution in [0.2, 0.25) is 5.02 Å². The monoisotopic (exact) mass is 315 g/mol. The highest BCUT2D eigenvalue weighted by Gasteiger charge is 2.40. The van der Waals surface area contributed by atoms with Crippen LogP contribution in [0.25, 0.3) is 0 Å². The Morgan fingerprint density at radius 1 is 1.41 bits per heavy atom. The zero-order chi connectivity index (χ0) is 11.8. The maximum absolute atomic E-state index is 5.97. The average molecular weight is 317 g/mol. The summed E-state index contributed by atoms with van der Waals surface area (Å²) in [6.07, 6.45) is 4.58.